The standard InChI is InChI=1S/C12H14N4OS/c1-7-5-15-10(18-7)6-16-11-8(12(14)17)3-2-4-9(11)13/h2-5,16H,6,13H2,1H3,(H2,14,17). The Kier molecular flexibility index (Phi) is 3.47. The number of benzene rings is 1. The molecule has 1 heterocycles. The van der Waals surface area contributed by atoms with Gasteiger partial charge in [0.25, 0.3) is 5.91 Å². The van der Waals surface area contributed by atoms with Crippen LogP contribution in [0, 0.1) is 6.92 Å². The fourth-order valence-electron chi connectivity index (χ4n) is 1.62. The van der Waals surface area contributed by atoms with Gasteiger partial charge in [-0.2, -0.15) is 0 Å². The highest BCUT2D eigenvalue weighted by Gasteiger charge is 2.11. The summed E-state index contributed by atoms with van der Waals surface area (Å²) in [7, 11) is 0. The Balaban J connectivity index is 2.20. The molecule has 0 spiro atoms. The summed E-state index contributed by atoms with van der Waals surface area (Å²) in [5.41, 5.74) is 12.6. The number of amides is 1. The number of para-hydroxylation sites is 1. The number of carbonyl (C=O) groups is 1. The molecule has 2 aromatic rings. The predicted molar refractivity (Wildman–Crippen MR) is 73.6 cm³/mol. The second kappa shape index (κ2) is 5.05. The zero-order valence-electron chi connectivity index (χ0n) is 9.93. The van der Waals surface area contributed by atoms with Gasteiger partial charge in [0.2, 0.25) is 0 Å². The molecule has 1 aromatic carbocycles. The highest BCUT2D eigenvalue weighted by Crippen LogP contribution is 2.24. The number of anilines is 2. The Morgan fingerprint density at radius 2 is 2.28 bits per heavy atom. The average molecular weight is 262 g/mol. The number of nitrogens with two attached hydrogens (primary N) is 2. The summed E-state index contributed by atoms with van der Waals surface area (Å²) in [6, 6.07) is 5.07. The molecule has 0 saturated heterocycles. The lowest BCUT2D eigenvalue weighted by molar-refractivity contribution is 0.100. The Morgan fingerprint density at radius 3 is 2.89 bits per heavy atom. The molecular formula is C12H14N4OS. The van der Waals surface area contributed by atoms with Gasteiger partial charge < -0.3 is 16.8 Å². The number of nitrogens with zero attached hydrogens (tertiary/aromatic N) is 1. The van der Waals surface area contributed by atoms with Crippen molar-refractivity contribution < 1.29 is 4.79 Å². The van der Waals surface area contributed by atoms with Crippen LogP contribution in [0.1, 0.15) is 20.2 Å². The Bertz CT molecular complexity index is 579. The minimum absolute atomic E-state index is 0.392. The number of aryl methyl sites for hydroxylation is 1. The lowest BCUT2D eigenvalue weighted by Crippen LogP contribution is -2.15. The Hall–Kier alpha value is -2.08. The first-order chi connectivity index (χ1) is 8.58. The smallest absolute Gasteiger partial charge is 0.250 e. The monoisotopic (exact) mass is 262 g/mol. The van der Waals surface area contributed by atoms with Crippen molar-refractivity contribution in [2.24, 2.45) is 5.73 Å². The summed E-state index contributed by atoms with van der Waals surface area (Å²) in [4.78, 5) is 16.7. The average Bonchev–Trinajstić information content (AvgIpc) is 2.73. The van der Waals surface area contributed by atoms with Gasteiger partial charge in [0.05, 0.1) is 23.5 Å². The van der Waals surface area contributed by atoms with E-state index in [0.717, 1.165) is 9.88 Å². The number of hydrogen-bond donors (Lipinski definition) is 3. The van der Waals surface area contributed by atoms with Crippen molar-refractivity contribution >= 4 is 28.6 Å². The van der Waals surface area contributed by atoms with Gasteiger partial charge in [-0.05, 0) is 19.1 Å². The summed E-state index contributed by atoms with van der Waals surface area (Å²) >= 11 is 1.60. The van der Waals surface area contributed by atoms with Crippen LogP contribution < -0.4 is 16.8 Å². The Labute approximate surface area is 109 Å². The molecule has 18 heavy (non-hydrogen) atoms. The highest BCUT2D eigenvalue weighted by atomic mass is 32.1. The van der Waals surface area contributed by atoms with Crippen molar-refractivity contribution in [2.45, 2.75) is 13.5 Å². The molecule has 0 atom stereocenters. The fourth-order valence-corrected chi connectivity index (χ4v) is 2.35. The summed E-state index contributed by atoms with van der Waals surface area (Å²) in [5.74, 6) is -0.500. The SMILES string of the molecule is Cc1cnc(CNc2c(N)cccc2C(N)=O)s1. The van der Waals surface area contributed by atoms with Crippen LogP contribution in [0.5, 0.6) is 0 Å². The molecule has 0 aliphatic heterocycles. The van der Waals surface area contributed by atoms with Gasteiger partial charge in [0.1, 0.15) is 5.01 Å². The van der Waals surface area contributed by atoms with Crippen molar-refractivity contribution in [1.29, 1.82) is 0 Å². The molecule has 1 aromatic heterocycles. The lowest BCUT2D eigenvalue weighted by Gasteiger charge is -2.11. The highest BCUT2D eigenvalue weighted by molar-refractivity contribution is 7.11. The molecule has 0 fully saturated rings. The zero-order chi connectivity index (χ0) is 13.1. The van der Waals surface area contributed by atoms with E-state index in [4.69, 9.17) is 11.5 Å². The number of hydrogen-bond acceptors (Lipinski definition) is 5. The third kappa shape index (κ3) is 2.60. The van der Waals surface area contributed by atoms with Crippen LogP contribution in [0.2, 0.25) is 0 Å². The molecule has 0 aliphatic carbocycles. The molecule has 1 amide bonds. The van der Waals surface area contributed by atoms with E-state index in [1.165, 1.54) is 0 Å². The second-order valence-electron chi connectivity index (χ2n) is 3.85. The number of nitrogen functional groups attached to an aromatic ring is 1. The maximum Gasteiger partial charge on any atom is 0.250 e. The normalized spacial score (nSPS) is 10.3. The van der Waals surface area contributed by atoms with Crippen molar-refractivity contribution in [2.75, 3.05) is 11.1 Å². The fraction of sp³-hybridized carbons (Fsp3) is 0.167. The molecule has 0 saturated carbocycles. The number of aromatic nitrogens is 1. The number of rotatable bonds is 4. The van der Waals surface area contributed by atoms with Crippen molar-refractivity contribution in [1.82, 2.24) is 4.98 Å². The number of nitrogens with one attached hydrogen (secondary N) is 1. The van der Waals surface area contributed by atoms with Gasteiger partial charge in [-0.3, -0.25) is 4.79 Å². The van der Waals surface area contributed by atoms with E-state index in [2.05, 4.69) is 10.3 Å². The van der Waals surface area contributed by atoms with Gasteiger partial charge in [0, 0.05) is 11.1 Å². The van der Waals surface area contributed by atoms with Crippen LogP contribution in [0.4, 0.5) is 11.4 Å². The number of carbonyl (C=O) groups excluding carboxylic acids is 1. The summed E-state index contributed by atoms with van der Waals surface area (Å²) in [5, 5.41) is 4.05. The van der Waals surface area contributed by atoms with Crippen LogP contribution in [0.15, 0.2) is 24.4 Å². The maximum atomic E-state index is 11.3. The Morgan fingerprint density at radius 1 is 1.50 bits per heavy atom. The molecule has 5 nitrogen and oxygen atoms in total. The summed E-state index contributed by atoms with van der Waals surface area (Å²) in [6.45, 7) is 2.51. The number of primary amides is 1. The molecule has 0 aliphatic rings. The second-order valence-corrected chi connectivity index (χ2v) is 5.17. The van der Waals surface area contributed by atoms with E-state index in [0.29, 0.717) is 23.5 Å². The largest absolute Gasteiger partial charge is 0.397 e. The molecule has 0 bridgehead atoms. The lowest BCUT2D eigenvalue weighted by atomic mass is 10.1. The zero-order valence-corrected chi connectivity index (χ0v) is 10.8. The van der Waals surface area contributed by atoms with Crippen LogP contribution in [0.3, 0.4) is 0 Å². The van der Waals surface area contributed by atoms with E-state index >= 15 is 0 Å². The molecule has 0 unspecified atom stereocenters. The predicted octanol–water partition coefficient (Wildman–Crippen LogP) is 1.74. The van der Waals surface area contributed by atoms with Crippen molar-refractivity contribution in [3.63, 3.8) is 0 Å². The molecule has 2 rings (SSSR count). The minimum Gasteiger partial charge on any atom is -0.397 e. The summed E-state index contributed by atoms with van der Waals surface area (Å²) < 4.78 is 0. The molecule has 94 valence electrons. The quantitative estimate of drug-likeness (QED) is 0.731. The van der Waals surface area contributed by atoms with Crippen LogP contribution in [0.25, 0.3) is 0 Å². The van der Waals surface area contributed by atoms with Crippen LogP contribution in [-0.2, 0) is 6.54 Å². The summed E-state index contributed by atoms with van der Waals surface area (Å²) in [6.07, 6.45) is 1.81. The van der Waals surface area contributed by atoms with Gasteiger partial charge >= 0.3 is 0 Å². The van der Waals surface area contributed by atoms with E-state index in [1.807, 2.05) is 13.1 Å². The topological polar surface area (TPSA) is 94.0 Å². The van der Waals surface area contributed by atoms with Crippen LogP contribution >= 0.6 is 11.3 Å². The van der Waals surface area contributed by atoms with Gasteiger partial charge in [-0.15, -0.1) is 11.3 Å². The first-order valence-corrected chi connectivity index (χ1v) is 6.23. The third-order valence-corrected chi connectivity index (χ3v) is 3.36. The first-order valence-electron chi connectivity index (χ1n) is 5.41. The molecular weight excluding hydrogens is 248 g/mol. The first kappa shape index (κ1) is 12.4. The maximum absolute atomic E-state index is 11.3. The minimum atomic E-state index is -0.500. The van der Waals surface area contributed by atoms with E-state index in [1.54, 1.807) is 29.5 Å². The van der Waals surface area contributed by atoms with Crippen LogP contribution in [-0.4, -0.2) is 10.9 Å². The van der Waals surface area contributed by atoms with Gasteiger partial charge in [0.15, 0.2) is 0 Å². The number of thiazole rings is 1. The van der Waals surface area contributed by atoms with E-state index < -0.39 is 5.91 Å². The van der Waals surface area contributed by atoms with E-state index in [9.17, 15) is 4.79 Å². The van der Waals surface area contributed by atoms with Crippen molar-refractivity contribution in [3.8, 4) is 0 Å². The molecule has 6 heteroatoms. The third-order valence-electron chi connectivity index (χ3n) is 2.45. The van der Waals surface area contributed by atoms with Gasteiger partial charge in [-0.25, -0.2) is 4.98 Å². The van der Waals surface area contributed by atoms with Crippen molar-refractivity contribution in [3.05, 3.63) is 39.8 Å². The molecule has 5 N–H and O–H groups in total. The molecule has 0 radical (unpaired) electrons. The van der Waals surface area contributed by atoms with Gasteiger partial charge in [-0.1, -0.05) is 6.07 Å². The van der Waals surface area contributed by atoms with E-state index in [-0.39, 0.29) is 0 Å².